The standard InChI is InChI=1S/3C12H17ClO/c3*13-11-7-5-6-8-3-1-2-4-12(8,11)9(6)10(7)14/h3*6-11,14H,1-5H2/t3*6-,7-,8-,9+,10-,11+,12+/m110/s1. The second kappa shape index (κ2) is 9.00. The van der Waals surface area contributed by atoms with Gasteiger partial charge in [-0.3, -0.25) is 0 Å². The van der Waals surface area contributed by atoms with Crippen LogP contribution >= 0.6 is 34.8 Å². The summed E-state index contributed by atoms with van der Waals surface area (Å²) in [6.45, 7) is 0. The van der Waals surface area contributed by atoms with Gasteiger partial charge in [-0.15, -0.1) is 34.8 Å². The van der Waals surface area contributed by atoms with Crippen LogP contribution in [0.1, 0.15) is 96.3 Å². The molecule has 6 bridgehead atoms. The molecule has 3 N–H and O–H groups in total. The quantitative estimate of drug-likeness (QED) is 0.246. The summed E-state index contributed by atoms with van der Waals surface area (Å²) in [4.78, 5) is 0. The highest BCUT2D eigenvalue weighted by molar-refractivity contribution is 6.22. The minimum atomic E-state index is -0.0446. The number of rotatable bonds is 0. The zero-order valence-electron chi connectivity index (χ0n) is 25.0. The molecule has 0 unspecified atom stereocenters. The van der Waals surface area contributed by atoms with Crippen molar-refractivity contribution in [1.29, 1.82) is 0 Å². The Hall–Kier alpha value is 0.750. The summed E-state index contributed by atoms with van der Waals surface area (Å²) >= 11 is 19.8. The lowest BCUT2D eigenvalue weighted by Crippen LogP contribution is -2.62. The first-order chi connectivity index (χ1) is 20.3. The monoisotopic (exact) mass is 636 g/mol. The van der Waals surface area contributed by atoms with Crippen LogP contribution < -0.4 is 0 Å². The Morgan fingerprint density at radius 2 is 0.690 bits per heavy atom. The van der Waals surface area contributed by atoms with Gasteiger partial charge in [0.1, 0.15) is 0 Å². The van der Waals surface area contributed by atoms with E-state index in [4.69, 9.17) is 34.8 Å². The molecule has 0 aromatic heterocycles. The zero-order chi connectivity index (χ0) is 28.5. The van der Waals surface area contributed by atoms with Gasteiger partial charge in [0, 0.05) is 33.9 Å². The molecule has 6 heteroatoms. The molecule has 0 saturated heterocycles. The number of aliphatic hydroxyl groups is 3. The van der Waals surface area contributed by atoms with E-state index in [1.54, 1.807) is 0 Å². The number of fused-ring (bicyclic) bond motifs is 6. The molecule has 21 atom stereocenters. The molecule has 0 amide bonds. The van der Waals surface area contributed by atoms with E-state index in [0.29, 0.717) is 67.9 Å². The molecular weight excluding hydrogens is 587 g/mol. The SMILES string of the molecule is O[C@@H]1[C@H]2C[C@H]3[C@@H]1[C@@]1(CCCC[C@H]31)[C@H]2Cl.O[C@@H]1[C@H]2C[C@H]3[C@@H]1[C@@]1(CCCC[C@H]31)[C@H]2Cl.O[C@H]1[C@@H]2C[C@@H]3[C@H]1[C@]1(CCCC[C@@H]31)[C@@H]2Cl. The van der Waals surface area contributed by atoms with E-state index in [1.165, 1.54) is 96.3 Å². The minimum absolute atomic E-state index is 0.0446. The molecule has 0 radical (unpaired) electrons. The summed E-state index contributed by atoms with van der Waals surface area (Å²) in [5.41, 5.74) is 1.19. The van der Waals surface area contributed by atoms with Gasteiger partial charge in [0.15, 0.2) is 0 Å². The molecule has 234 valence electrons. The minimum Gasteiger partial charge on any atom is -0.392 e. The van der Waals surface area contributed by atoms with Crippen LogP contribution in [0.3, 0.4) is 0 Å². The third-order valence-electron chi connectivity index (χ3n) is 17.7. The second-order valence-electron chi connectivity index (χ2n) is 17.8. The molecule has 0 aromatic carbocycles. The summed E-state index contributed by atoms with van der Waals surface area (Å²) in [6.07, 6.45) is 19.9. The van der Waals surface area contributed by atoms with Crippen molar-refractivity contribution >= 4 is 34.8 Å². The van der Waals surface area contributed by atoms with E-state index in [0.717, 1.165) is 35.5 Å². The number of aliphatic hydroxyl groups excluding tert-OH is 3. The number of alkyl halides is 3. The van der Waals surface area contributed by atoms with Crippen LogP contribution in [-0.4, -0.2) is 49.8 Å². The summed E-state index contributed by atoms with van der Waals surface area (Å²) in [7, 11) is 0. The molecule has 12 aliphatic carbocycles. The second-order valence-corrected chi connectivity index (χ2v) is 19.2. The molecule has 12 fully saturated rings. The summed E-state index contributed by atoms with van der Waals surface area (Å²) in [6, 6.07) is 0. The molecular formula is C36H51Cl3O3. The molecule has 12 aliphatic rings. The lowest BCUT2D eigenvalue weighted by atomic mass is 9.41. The fourth-order valence-corrected chi connectivity index (χ4v) is 18.9. The normalized spacial score (nSPS) is 69.0. The largest absolute Gasteiger partial charge is 0.392 e. The fraction of sp³-hybridized carbons (Fsp3) is 1.00. The molecule has 42 heavy (non-hydrogen) atoms. The van der Waals surface area contributed by atoms with Crippen molar-refractivity contribution in [1.82, 2.24) is 0 Å². The van der Waals surface area contributed by atoms with E-state index in [-0.39, 0.29) is 18.3 Å². The van der Waals surface area contributed by atoms with E-state index in [2.05, 4.69) is 0 Å². The highest BCUT2D eigenvalue weighted by Crippen LogP contribution is 2.80. The van der Waals surface area contributed by atoms with Crippen LogP contribution in [0.25, 0.3) is 0 Å². The predicted octanol–water partition coefficient (Wildman–Crippen LogP) is 7.23. The highest BCUT2D eigenvalue weighted by Gasteiger charge is 2.79. The van der Waals surface area contributed by atoms with E-state index in [1.807, 2.05) is 0 Å². The van der Waals surface area contributed by atoms with Crippen molar-refractivity contribution in [3.05, 3.63) is 0 Å². The first kappa shape index (κ1) is 27.8. The Morgan fingerprint density at radius 3 is 0.929 bits per heavy atom. The van der Waals surface area contributed by atoms with Gasteiger partial charge in [0.25, 0.3) is 0 Å². The van der Waals surface area contributed by atoms with Crippen LogP contribution in [0.4, 0.5) is 0 Å². The topological polar surface area (TPSA) is 60.7 Å². The van der Waals surface area contributed by atoms with Gasteiger partial charge in [-0.2, -0.15) is 0 Å². The molecule has 3 nitrogen and oxygen atoms in total. The average Bonchev–Trinajstić information content (AvgIpc) is 3.67. The first-order valence-electron chi connectivity index (χ1n) is 18.3. The van der Waals surface area contributed by atoms with Crippen LogP contribution in [0.5, 0.6) is 0 Å². The van der Waals surface area contributed by atoms with Crippen LogP contribution in [0, 0.1) is 87.3 Å². The smallest absolute Gasteiger partial charge is 0.0619 e. The van der Waals surface area contributed by atoms with Crippen molar-refractivity contribution in [2.75, 3.05) is 0 Å². The third-order valence-corrected chi connectivity index (χ3v) is 19.9. The van der Waals surface area contributed by atoms with Gasteiger partial charge in [-0.05, 0) is 127 Å². The number of hydrogen-bond donors (Lipinski definition) is 3. The maximum absolute atomic E-state index is 10.1. The fourth-order valence-electron chi connectivity index (χ4n) is 16.9. The van der Waals surface area contributed by atoms with Crippen molar-refractivity contribution in [3.8, 4) is 0 Å². The lowest BCUT2D eigenvalue weighted by Gasteiger charge is -2.64. The zero-order valence-corrected chi connectivity index (χ0v) is 27.2. The van der Waals surface area contributed by atoms with Crippen LogP contribution in [0.15, 0.2) is 0 Å². The van der Waals surface area contributed by atoms with Crippen LogP contribution in [-0.2, 0) is 0 Å². The molecule has 0 heterocycles. The Kier molecular flexibility index (Phi) is 5.96. The van der Waals surface area contributed by atoms with E-state index >= 15 is 0 Å². The summed E-state index contributed by atoms with van der Waals surface area (Å²) in [5, 5.41) is 31.4. The van der Waals surface area contributed by atoms with Crippen molar-refractivity contribution < 1.29 is 15.3 Å². The third kappa shape index (κ3) is 2.83. The Bertz CT molecular complexity index is 1000. The van der Waals surface area contributed by atoms with E-state index < -0.39 is 0 Å². The van der Waals surface area contributed by atoms with Crippen molar-refractivity contribution in [2.24, 2.45) is 87.3 Å². The molecule has 0 aliphatic heterocycles. The van der Waals surface area contributed by atoms with Gasteiger partial charge < -0.3 is 15.3 Å². The molecule has 12 saturated carbocycles. The van der Waals surface area contributed by atoms with Crippen LogP contribution in [0.2, 0.25) is 0 Å². The van der Waals surface area contributed by atoms with Gasteiger partial charge in [-0.25, -0.2) is 0 Å². The highest BCUT2D eigenvalue weighted by atomic mass is 35.5. The maximum atomic E-state index is 10.1. The van der Waals surface area contributed by atoms with Crippen molar-refractivity contribution in [3.63, 3.8) is 0 Å². The van der Waals surface area contributed by atoms with Crippen molar-refractivity contribution in [2.45, 2.75) is 131 Å². The Morgan fingerprint density at radius 1 is 0.405 bits per heavy atom. The van der Waals surface area contributed by atoms with Gasteiger partial charge in [0.2, 0.25) is 0 Å². The predicted molar refractivity (Wildman–Crippen MR) is 165 cm³/mol. The molecule has 3 spiro atoms. The number of halogens is 3. The molecule has 12 rings (SSSR count). The van der Waals surface area contributed by atoms with Gasteiger partial charge >= 0.3 is 0 Å². The lowest BCUT2D eigenvalue weighted by molar-refractivity contribution is -0.155. The van der Waals surface area contributed by atoms with Gasteiger partial charge in [-0.1, -0.05) is 38.5 Å². The molecule has 0 aromatic rings. The summed E-state index contributed by atoms with van der Waals surface area (Å²) < 4.78 is 0. The Balaban J connectivity index is 0.0000000844. The maximum Gasteiger partial charge on any atom is 0.0619 e. The average molecular weight is 638 g/mol. The first-order valence-corrected chi connectivity index (χ1v) is 19.6. The van der Waals surface area contributed by atoms with Gasteiger partial charge in [0.05, 0.1) is 18.3 Å². The number of hydrogen-bond acceptors (Lipinski definition) is 3. The Labute approximate surface area is 267 Å². The summed E-state index contributed by atoms with van der Waals surface area (Å²) in [5.74, 6) is 8.34. The van der Waals surface area contributed by atoms with E-state index in [9.17, 15) is 15.3 Å².